The van der Waals surface area contributed by atoms with E-state index in [1.807, 2.05) is 18.2 Å². The number of carboxylic acids is 1. The fourth-order valence-electron chi connectivity index (χ4n) is 4.16. The number of carboxylic acid groups (broad SMARTS) is 1. The van der Waals surface area contributed by atoms with Gasteiger partial charge in [-0.15, -0.1) is 11.3 Å². The Balaban J connectivity index is 1.79. The highest BCUT2D eigenvalue weighted by molar-refractivity contribution is 7.18. The van der Waals surface area contributed by atoms with Crippen molar-refractivity contribution in [2.24, 2.45) is 5.92 Å². The summed E-state index contributed by atoms with van der Waals surface area (Å²) in [4.78, 5) is 39.2. The highest BCUT2D eigenvalue weighted by atomic mass is 32.1. The van der Waals surface area contributed by atoms with E-state index in [9.17, 15) is 19.5 Å². The number of nitrogens with zero attached hydrogens (tertiary/aromatic N) is 2. The number of benzene rings is 1. The molecule has 6 nitrogen and oxygen atoms in total. The van der Waals surface area contributed by atoms with Crippen molar-refractivity contribution in [3.05, 3.63) is 67.2 Å². The van der Waals surface area contributed by atoms with E-state index in [2.05, 4.69) is 19.1 Å². The minimum Gasteiger partial charge on any atom is -0.480 e. The summed E-state index contributed by atoms with van der Waals surface area (Å²) < 4.78 is 2.51. The molecule has 2 heterocycles. The average Bonchev–Trinajstić information content (AvgIpc) is 3.06. The second kappa shape index (κ2) is 7.99. The minimum atomic E-state index is -1.18. The van der Waals surface area contributed by atoms with Gasteiger partial charge in [-0.1, -0.05) is 37.3 Å². The second-order valence-corrected chi connectivity index (χ2v) is 8.92. The number of hydrogen-bond acceptors (Lipinski definition) is 4. The van der Waals surface area contributed by atoms with E-state index in [1.54, 1.807) is 4.57 Å². The summed E-state index contributed by atoms with van der Waals surface area (Å²) in [5.74, 6) is -0.632. The third-order valence-electron chi connectivity index (χ3n) is 5.64. The van der Waals surface area contributed by atoms with Crippen LogP contribution in [0.25, 0.3) is 10.2 Å². The predicted molar refractivity (Wildman–Crippen MR) is 114 cm³/mol. The van der Waals surface area contributed by atoms with Gasteiger partial charge in [-0.05, 0) is 49.1 Å². The molecule has 0 amide bonds. The topological polar surface area (TPSA) is 81.3 Å². The molecule has 0 saturated carbocycles. The largest absolute Gasteiger partial charge is 0.480 e. The number of thiophene rings is 1. The maximum absolute atomic E-state index is 13.0. The predicted octanol–water partition coefficient (Wildman–Crippen LogP) is 3.07. The second-order valence-electron chi connectivity index (χ2n) is 7.84. The fraction of sp³-hybridized carbons (Fsp3) is 0.409. The van der Waals surface area contributed by atoms with Crippen LogP contribution in [-0.2, 0) is 37.1 Å². The Labute approximate surface area is 172 Å². The minimum absolute atomic E-state index is 0.457. The van der Waals surface area contributed by atoms with E-state index in [0.29, 0.717) is 22.7 Å². The third kappa shape index (κ3) is 3.79. The molecule has 29 heavy (non-hydrogen) atoms. The van der Waals surface area contributed by atoms with E-state index in [-0.39, 0.29) is 0 Å². The maximum Gasteiger partial charge on any atom is 0.332 e. The van der Waals surface area contributed by atoms with Crippen molar-refractivity contribution < 1.29 is 9.90 Å². The standard InChI is InChI=1S/C22H24N2O4S/c1-14-9-10-16-17(12-14)29-21-19(16)20(27)24(13-18(25)26)22(28)23(21)11-5-8-15-6-3-2-4-7-15/h2-4,6-7,14H,5,8-13H2,1H3,(H,25,26). The van der Waals surface area contributed by atoms with Crippen LogP contribution in [0.1, 0.15) is 35.8 Å². The number of fused-ring (bicyclic) bond motifs is 3. The molecule has 152 valence electrons. The Bertz CT molecular complexity index is 1170. The number of rotatable bonds is 6. The zero-order valence-electron chi connectivity index (χ0n) is 16.4. The molecule has 1 unspecified atom stereocenters. The van der Waals surface area contributed by atoms with Crippen LogP contribution < -0.4 is 11.2 Å². The molecule has 0 fully saturated rings. The molecule has 3 aromatic rings. The van der Waals surface area contributed by atoms with E-state index in [4.69, 9.17) is 0 Å². The van der Waals surface area contributed by atoms with Gasteiger partial charge < -0.3 is 5.11 Å². The molecule has 2 aromatic heterocycles. The molecule has 0 saturated heterocycles. The molecular formula is C22H24N2O4S. The summed E-state index contributed by atoms with van der Waals surface area (Å²) in [6.45, 7) is 2.05. The molecule has 0 radical (unpaired) electrons. The first-order valence-corrected chi connectivity index (χ1v) is 10.8. The molecular weight excluding hydrogens is 388 g/mol. The number of aryl methyl sites for hydroxylation is 3. The summed E-state index contributed by atoms with van der Waals surface area (Å²) >= 11 is 1.53. The summed E-state index contributed by atoms with van der Waals surface area (Å²) in [6, 6.07) is 10.0. The lowest BCUT2D eigenvalue weighted by molar-refractivity contribution is -0.137. The Hall–Kier alpha value is -2.67. The number of hydrogen-bond donors (Lipinski definition) is 1. The lowest BCUT2D eigenvalue weighted by Gasteiger charge is -2.17. The Morgan fingerprint density at radius 1 is 1.21 bits per heavy atom. The van der Waals surface area contributed by atoms with E-state index >= 15 is 0 Å². The van der Waals surface area contributed by atoms with Crippen molar-refractivity contribution in [3.8, 4) is 0 Å². The van der Waals surface area contributed by atoms with Gasteiger partial charge >= 0.3 is 11.7 Å². The summed E-state index contributed by atoms with van der Waals surface area (Å²) in [5, 5.41) is 9.78. The average molecular weight is 413 g/mol. The molecule has 7 heteroatoms. The van der Waals surface area contributed by atoms with E-state index in [1.165, 1.54) is 21.8 Å². The first-order valence-electron chi connectivity index (χ1n) is 9.99. The maximum atomic E-state index is 13.0. The van der Waals surface area contributed by atoms with Gasteiger partial charge in [-0.2, -0.15) is 0 Å². The van der Waals surface area contributed by atoms with E-state index < -0.39 is 23.8 Å². The van der Waals surface area contributed by atoms with E-state index in [0.717, 1.165) is 42.2 Å². The Kier molecular flexibility index (Phi) is 5.41. The third-order valence-corrected chi connectivity index (χ3v) is 6.92. The number of aromatic nitrogens is 2. The fourth-order valence-corrected chi connectivity index (χ4v) is 5.68. The highest BCUT2D eigenvalue weighted by Crippen LogP contribution is 2.36. The van der Waals surface area contributed by atoms with Crippen LogP contribution in [-0.4, -0.2) is 20.2 Å². The first kappa shape index (κ1) is 19.6. The summed E-state index contributed by atoms with van der Waals surface area (Å²) in [5.41, 5.74) is 1.22. The zero-order chi connectivity index (χ0) is 20.5. The van der Waals surface area contributed by atoms with Crippen LogP contribution in [0.5, 0.6) is 0 Å². The molecule has 1 aliphatic carbocycles. The van der Waals surface area contributed by atoms with Gasteiger partial charge in [0.05, 0.1) is 5.39 Å². The summed E-state index contributed by atoms with van der Waals surface area (Å²) in [6.07, 6.45) is 4.27. The van der Waals surface area contributed by atoms with Crippen molar-refractivity contribution in [3.63, 3.8) is 0 Å². The van der Waals surface area contributed by atoms with Gasteiger partial charge in [0, 0.05) is 11.4 Å². The van der Waals surface area contributed by atoms with Gasteiger partial charge in [0.1, 0.15) is 11.4 Å². The number of carbonyl (C=O) groups is 1. The van der Waals surface area contributed by atoms with Crippen LogP contribution in [0.4, 0.5) is 0 Å². The van der Waals surface area contributed by atoms with Crippen molar-refractivity contribution in [2.75, 3.05) is 0 Å². The van der Waals surface area contributed by atoms with Crippen LogP contribution in [0, 0.1) is 5.92 Å². The molecule has 0 spiro atoms. The molecule has 1 aliphatic rings. The monoisotopic (exact) mass is 412 g/mol. The van der Waals surface area contributed by atoms with Crippen molar-refractivity contribution in [1.29, 1.82) is 0 Å². The Morgan fingerprint density at radius 2 is 1.97 bits per heavy atom. The van der Waals surface area contributed by atoms with Crippen LogP contribution in [0.2, 0.25) is 0 Å². The van der Waals surface area contributed by atoms with Gasteiger partial charge in [0.15, 0.2) is 0 Å². The van der Waals surface area contributed by atoms with Crippen molar-refractivity contribution in [2.45, 2.75) is 52.1 Å². The van der Waals surface area contributed by atoms with Gasteiger partial charge in [-0.3, -0.25) is 14.2 Å². The lowest BCUT2D eigenvalue weighted by Crippen LogP contribution is -2.41. The number of aliphatic carboxylic acids is 1. The highest BCUT2D eigenvalue weighted by Gasteiger charge is 2.26. The van der Waals surface area contributed by atoms with Crippen molar-refractivity contribution >= 4 is 27.5 Å². The summed E-state index contributed by atoms with van der Waals surface area (Å²) in [7, 11) is 0. The Morgan fingerprint density at radius 3 is 2.69 bits per heavy atom. The quantitative estimate of drug-likeness (QED) is 0.675. The first-order chi connectivity index (χ1) is 14.0. The van der Waals surface area contributed by atoms with Crippen LogP contribution in [0.3, 0.4) is 0 Å². The normalized spacial score (nSPS) is 16.1. The zero-order valence-corrected chi connectivity index (χ0v) is 17.2. The van der Waals surface area contributed by atoms with Gasteiger partial charge in [0.25, 0.3) is 5.56 Å². The molecule has 1 N–H and O–H groups in total. The van der Waals surface area contributed by atoms with Crippen LogP contribution in [0.15, 0.2) is 39.9 Å². The van der Waals surface area contributed by atoms with Crippen molar-refractivity contribution in [1.82, 2.24) is 9.13 Å². The molecule has 1 atom stereocenters. The van der Waals surface area contributed by atoms with Crippen LogP contribution >= 0.6 is 11.3 Å². The van der Waals surface area contributed by atoms with Gasteiger partial charge in [-0.25, -0.2) is 9.36 Å². The lowest BCUT2D eigenvalue weighted by atomic mass is 9.89. The van der Waals surface area contributed by atoms with Gasteiger partial charge in [0.2, 0.25) is 0 Å². The molecule has 0 aliphatic heterocycles. The SMILES string of the molecule is CC1CCc2c(sc3c2c(=O)n(CC(=O)O)c(=O)n3CCCc2ccccc2)C1. The molecule has 1 aromatic carbocycles. The molecule has 4 rings (SSSR count). The molecule has 0 bridgehead atoms. The smallest absolute Gasteiger partial charge is 0.332 e.